The zero-order valence-electron chi connectivity index (χ0n) is 12.6. The summed E-state index contributed by atoms with van der Waals surface area (Å²) in [5, 5.41) is 3.09. The Morgan fingerprint density at radius 2 is 1.92 bits per heavy atom. The van der Waals surface area contributed by atoms with Crippen LogP contribution >= 0.6 is 23.4 Å². The van der Waals surface area contributed by atoms with Gasteiger partial charge in [-0.15, -0.1) is 11.8 Å². The highest BCUT2D eigenvalue weighted by molar-refractivity contribution is 7.99. The van der Waals surface area contributed by atoms with Gasteiger partial charge in [-0.05, 0) is 42.5 Å². The lowest BCUT2D eigenvalue weighted by Crippen LogP contribution is -2.21. The molecular weight excluding hydrogens is 353 g/mol. The first kappa shape index (κ1) is 18.3. The van der Waals surface area contributed by atoms with Crippen LogP contribution in [-0.4, -0.2) is 24.2 Å². The Labute approximate surface area is 148 Å². The first-order valence-electron chi connectivity index (χ1n) is 7.12. The third-order valence-corrected chi connectivity index (χ3v) is 4.11. The summed E-state index contributed by atoms with van der Waals surface area (Å²) in [5.74, 6) is -0.715. The Kier molecular flexibility index (Phi) is 7.08. The van der Waals surface area contributed by atoms with Gasteiger partial charge in [0.2, 0.25) is 0 Å². The molecule has 0 bridgehead atoms. The molecule has 0 saturated heterocycles. The van der Waals surface area contributed by atoms with Crippen molar-refractivity contribution in [1.82, 2.24) is 0 Å². The van der Waals surface area contributed by atoms with Gasteiger partial charge in [-0.2, -0.15) is 0 Å². The number of benzene rings is 2. The maximum atomic E-state index is 12.8. The Bertz CT molecular complexity index is 709. The number of carbonyl (C=O) groups excluding carboxylic acids is 2. The Balaban J connectivity index is 1.65. The minimum Gasteiger partial charge on any atom is -0.456 e. The third kappa shape index (κ3) is 6.60. The topological polar surface area (TPSA) is 55.4 Å². The molecule has 4 nitrogen and oxygen atoms in total. The quantitative estimate of drug-likeness (QED) is 0.590. The fourth-order valence-electron chi connectivity index (χ4n) is 1.76. The average molecular weight is 368 g/mol. The molecule has 1 N–H and O–H groups in total. The number of halogens is 2. The lowest BCUT2D eigenvalue weighted by Gasteiger charge is -2.07. The van der Waals surface area contributed by atoms with Crippen molar-refractivity contribution in [3.63, 3.8) is 0 Å². The van der Waals surface area contributed by atoms with Gasteiger partial charge in [0.1, 0.15) is 5.82 Å². The van der Waals surface area contributed by atoms with Crippen LogP contribution in [0.3, 0.4) is 0 Å². The summed E-state index contributed by atoms with van der Waals surface area (Å²) in [5.41, 5.74) is 0.537. The molecule has 0 radical (unpaired) electrons. The van der Waals surface area contributed by atoms with Crippen LogP contribution in [0.25, 0.3) is 0 Å². The molecule has 24 heavy (non-hydrogen) atoms. The highest BCUT2D eigenvalue weighted by Gasteiger charge is 2.08. The van der Waals surface area contributed by atoms with Gasteiger partial charge in [0, 0.05) is 21.4 Å². The molecular formula is C17H15ClFNO3S. The van der Waals surface area contributed by atoms with Gasteiger partial charge in [-0.1, -0.05) is 17.7 Å². The zero-order valence-corrected chi connectivity index (χ0v) is 14.2. The fourth-order valence-corrected chi connectivity index (χ4v) is 2.79. The summed E-state index contributed by atoms with van der Waals surface area (Å²) in [6.07, 6.45) is 0.159. The van der Waals surface area contributed by atoms with Gasteiger partial charge in [-0.3, -0.25) is 9.59 Å². The summed E-state index contributed by atoms with van der Waals surface area (Å²) >= 11 is 7.23. The van der Waals surface area contributed by atoms with E-state index in [0.717, 1.165) is 4.90 Å². The number of hydrogen-bond acceptors (Lipinski definition) is 4. The minimum absolute atomic E-state index is 0.159. The van der Waals surface area contributed by atoms with E-state index in [1.165, 1.54) is 23.9 Å². The molecule has 0 spiro atoms. The number of esters is 1. The van der Waals surface area contributed by atoms with Crippen LogP contribution < -0.4 is 5.32 Å². The van der Waals surface area contributed by atoms with Crippen LogP contribution in [0.15, 0.2) is 53.4 Å². The molecule has 1 amide bonds. The Morgan fingerprint density at radius 1 is 1.17 bits per heavy atom. The molecule has 2 aromatic carbocycles. The van der Waals surface area contributed by atoms with E-state index in [0.29, 0.717) is 16.5 Å². The maximum absolute atomic E-state index is 12.8. The first-order valence-corrected chi connectivity index (χ1v) is 8.49. The van der Waals surface area contributed by atoms with Crippen LogP contribution in [0, 0.1) is 5.82 Å². The van der Waals surface area contributed by atoms with Crippen LogP contribution in [-0.2, 0) is 14.3 Å². The SMILES string of the molecule is O=C(COC(=O)CCSc1ccc(F)cc1)Nc1cccc(Cl)c1. The van der Waals surface area contributed by atoms with E-state index >= 15 is 0 Å². The number of ether oxygens (including phenoxy) is 1. The fraction of sp³-hybridized carbons (Fsp3) is 0.176. The van der Waals surface area contributed by atoms with E-state index in [-0.39, 0.29) is 18.8 Å². The first-order chi connectivity index (χ1) is 11.5. The number of thioether (sulfide) groups is 1. The van der Waals surface area contributed by atoms with E-state index < -0.39 is 11.9 Å². The van der Waals surface area contributed by atoms with E-state index in [2.05, 4.69) is 5.32 Å². The summed E-state index contributed by atoms with van der Waals surface area (Å²) in [4.78, 5) is 24.1. The highest BCUT2D eigenvalue weighted by Crippen LogP contribution is 2.19. The molecule has 0 unspecified atom stereocenters. The van der Waals surface area contributed by atoms with Crippen LogP contribution in [0.2, 0.25) is 5.02 Å². The smallest absolute Gasteiger partial charge is 0.307 e. The molecule has 126 valence electrons. The summed E-state index contributed by atoms with van der Waals surface area (Å²) in [6, 6.07) is 12.7. The lowest BCUT2D eigenvalue weighted by atomic mass is 10.3. The molecule has 0 atom stereocenters. The maximum Gasteiger partial charge on any atom is 0.307 e. The lowest BCUT2D eigenvalue weighted by molar-refractivity contribution is -0.146. The second kappa shape index (κ2) is 9.30. The van der Waals surface area contributed by atoms with Gasteiger partial charge in [-0.25, -0.2) is 4.39 Å². The molecule has 2 aromatic rings. The van der Waals surface area contributed by atoms with Gasteiger partial charge in [0.05, 0.1) is 6.42 Å². The zero-order chi connectivity index (χ0) is 17.4. The average Bonchev–Trinajstić information content (AvgIpc) is 2.55. The van der Waals surface area contributed by atoms with Crippen molar-refractivity contribution in [3.05, 3.63) is 59.4 Å². The number of rotatable bonds is 7. The predicted molar refractivity (Wildman–Crippen MR) is 92.8 cm³/mol. The van der Waals surface area contributed by atoms with Gasteiger partial charge < -0.3 is 10.1 Å². The standard InChI is InChI=1S/C17H15ClFNO3S/c18-12-2-1-3-14(10-12)20-16(21)11-23-17(22)8-9-24-15-6-4-13(19)5-7-15/h1-7,10H,8-9,11H2,(H,20,21). The molecule has 0 aromatic heterocycles. The van der Waals surface area contributed by atoms with E-state index in [1.54, 1.807) is 36.4 Å². The highest BCUT2D eigenvalue weighted by atomic mass is 35.5. The van der Waals surface area contributed by atoms with Crippen molar-refractivity contribution >= 4 is 40.9 Å². The molecule has 0 aliphatic rings. The minimum atomic E-state index is -0.467. The molecule has 0 fully saturated rings. The number of anilines is 1. The van der Waals surface area contributed by atoms with E-state index in [9.17, 15) is 14.0 Å². The van der Waals surface area contributed by atoms with Crippen LogP contribution in [0.4, 0.5) is 10.1 Å². The molecule has 0 saturated carbocycles. The second-order valence-corrected chi connectivity index (χ2v) is 6.38. The summed E-state index contributed by atoms with van der Waals surface area (Å²) < 4.78 is 17.7. The molecule has 7 heteroatoms. The van der Waals surface area contributed by atoms with Gasteiger partial charge in [0.25, 0.3) is 5.91 Å². The molecule has 0 aliphatic carbocycles. The van der Waals surface area contributed by atoms with Crippen molar-refractivity contribution in [2.75, 3.05) is 17.7 Å². The van der Waals surface area contributed by atoms with Crippen LogP contribution in [0.5, 0.6) is 0 Å². The van der Waals surface area contributed by atoms with E-state index in [1.807, 2.05) is 0 Å². The molecule has 0 aliphatic heterocycles. The molecule has 2 rings (SSSR count). The second-order valence-electron chi connectivity index (χ2n) is 4.77. The predicted octanol–water partition coefficient (Wildman–Crippen LogP) is 4.14. The Hall–Kier alpha value is -2.05. The number of nitrogens with one attached hydrogen (secondary N) is 1. The third-order valence-electron chi connectivity index (χ3n) is 2.86. The van der Waals surface area contributed by atoms with Crippen molar-refractivity contribution in [2.24, 2.45) is 0 Å². The van der Waals surface area contributed by atoms with Gasteiger partial charge in [0.15, 0.2) is 6.61 Å². The summed E-state index contributed by atoms with van der Waals surface area (Å²) in [7, 11) is 0. The van der Waals surface area contributed by atoms with Crippen molar-refractivity contribution < 1.29 is 18.7 Å². The normalized spacial score (nSPS) is 10.2. The molecule has 0 heterocycles. The number of carbonyl (C=O) groups is 2. The number of hydrogen-bond donors (Lipinski definition) is 1. The monoisotopic (exact) mass is 367 g/mol. The van der Waals surface area contributed by atoms with Gasteiger partial charge >= 0.3 is 5.97 Å². The Morgan fingerprint density at radius 3 is 2.62 bits per heavy atom. The van der Waals surface area contributed by atoms with Crippen LogP contribution in [0.1, 0.15) is 6.42 Å². The van der Waals surface area contributed by atoms with Crippen molar-refractivity contribution in [3.8, 4) is 0 Å². The largest absolute Gasteiger partial charge is 0.456 e. The number of amides is 1. The van der Waals surface area contributed by atoms with Crippen molar-refractivity contribution in [2.45, 2.75) is 11.3 Å². The summed E-state index contributed by atoms with van der Waals surface area (Å²) in [6.45, 7) is -0.355. The van der Waals surface area contributed by atoms with Crippen molar-refractivity contribution in [1.29, 1.82) is 0 Å². The van der Waals surface area contributed by atoms with E-state index in [4.69, 9.17) is 16.3 Å².